The average molecular weight is 282 g/mol. The summed E-state index contributed by atoms with van der Waals surface area (Å²) in [4.78, 5) is 4.12. The van der Waals surface area contributed by atoms with E-state index in [2.05, 4.69) is 15.4 Å². The van der Waals surface area contributed by atoms with Gasteiger partial charge in [0, 0.05) is 19.7 Å². The average Bonchev–Trinajstić information content (AvgIpc) is 2.81. The van der Waals surface area contributed by atoms with Crippen LogP contribution in [0.1, 0.15) is 11.4 Å². The number of halogens is 2. The van der Waals surface area contributed by atoms with Gasteiger partial charge in [0.15, 0.2) is 0 Å². The molecule has 7 heteroatoms. The molecule has 0 saturated heterocycles. The van der Waals surface area contributed by atoms with E-state index in [1.54, 1.807) is 11.8 Å². The monoisotopic (exact) mass is 282 g/mol. The van der Waals surface area contributed by atoms with E-state index >= 15 is 0 Å². The first-order valence-electron chi connectivity index (χ1n) is 6.20. The van der Waals surface area contributed by atoms with Gasteiger partial charge < -0.3 is 10.1 Å². The van der Waals surface area contributed by atoms with E-state index < -0.39 is 11.6 Å². The van der Waals surface area contributed by atoms with Crippen LogP contribution in [-0.2, 0) is 17.8 Å². The molecule has 2 aromatic rings. The number of nitrogens with zero attached hydrogens (tertiary/aromatic N) is 3. The van der Waals surface area contributed by atoms with Crippen LogP contribution in [0.25, 0.3) is 0 Å². The minimum atomic E-state index is -0.597. The summed E-state index contributed by atoms with van der Waals surface area (Å²) < 4.78 is 32.8. The molecule has 0 amide bonds. The Bertz CT molecular complexity index is 539. The quantitative estimate of drug-likeness (QED) is 0.779. The lowest BCUT2D eigenvalue weighted by atomic mass is 10.2. The Hall–Kier alpha value is -1.86. The fourth-order valence-corrected chi connectivity index (χ4v) is 1.81. The maximum absolute atomic E-state index is 13.1. The molecule has 0 aliphatic carbocycles. The van der Waals surface area contributed by atoms with Crippen LogP contribution in [0.5, 0.6) is 0 Å². The van der Waals surface area contributed by atoms with Crippen molar-refractivity contribution in [3.05, 3.63) is 47.5 Å². The van der Waals surface area contributed by atoms with E-state index in [0.29, 0.717) is 31.1 Å². The molecule has 0 fully saturated rings. The largest absolute Gasteiger partial charge is 0.383 e. The van der Waals surface area contributed by atoms with Gasteiger partial charge in [-0.1, -0.05) is 0 Å². The van der Waals surface area contributed by atoms with Gasteiger partial charge in [-0.2, -0.15) is 5.10 Å². The lowest BCUT2D eigenvalue weighted by Crippen LogP contribution is -2.21. The van der Waals surface area contributed by atoms with Crippen molar-refractivity contribution in [1.29, 1.82) is 0 Å². The third kappa shape index (κ3) is 4.07. The highest BCUT2D eigenvalue weighted by atomic mass is 19.1. The maximum Gasteiger partial charge on any atom is 0.141 e. The van der Waals surface area contributed by atoms with Gasteiger partial charge >= 0.3 is 0 Å². The molecule has 1 aromatic carbocycles. The predicted octanol–water partition coefficient (Wildman–Crippen LogP) is 1.34. The van der Waals surface area contributed by atoms with Gasteiger partial charge in [0.2, 0.25) is 0 Å². The minimum absolute atomic E-state index is 0.274. The van der Waals surface area contributed by atoms with Gasteiger partial charge in [-0.15, -0.1) is 0 Å². The van der Waals surface area contributed by atoms with Crippen LogP contribution in [0.3, 0.4) is 0 Å². The molecule has 0 saturated carbocycles. The van der Waals surface area contributed by atoms with Crippen LogP contribution < -0.4 is 5.32 Å². The first-order chi connectivity index (χ1) is 9.69. The molecule has 0 aliphatic rings. The summed E-state index contributed by atoms with van der Waals surface area (Å²) in [5.74, 6) is -0.495. The van der Waals surface area contributed by atoms with Gasteiger partial charge in [-0.05, 0) is 17.7 Å². The summed E-state index contributed by atoms with van der Waals surface area (Å²) in [6.45, 7) is 2.08. The van der Waals surface area contributed by atoms with Crippen molar-refractivity contribution in [2.24, 2.45) is 0 Å². The van der Waals surface area contributed by atoms with Gasteiger partial charge in [0.05, 0.1) is 19.7 Å². The summed E-state index contributed by atoms with van der Waals surface area (Å²) >= 11 is 0. The molecule has 20 heavy (non-hydrogen) atoms. The Kier molecular flexibility index (Phi) is 5.14. The SMILES string of the molecule is COCCNCc1ncnn1Cc1cc(F)cc(F)c1. The molecule has 5 nitrogen and oxygen atoms in total. The Morgan fingerprint density at radius 2 is 2.00 bits per heavy atom. The van der Waals surface area contributed by atoms with E-state index in [4.69, 9.17) is 4.74 Å². The van der Waals surface area contributed by atoms with E-state index in [9.17, 15) is 8.78 Å². The zero-order chi connectivity index (χ0) is 14.4. The molecule has 1 N–H and O–H groups in total. The molecule has 0 radical (unpaired) electrons. The number of hydrogen-bond acceptors (Lipinski definition) is 4. The van der Waals surface area contributed by atoms with Crippen LogP contribution in [0.15, 0.2) is 24.5 Å². The number of aromatic nitrogens is 3. The molecular formula is C13H16F2N4O. The fourth-order valence-electron chi connectivity index (χ4n) is 1.81. The Morgan fingerprint density at radius 3 is 2.70 bits per heavy atom. The lowest BCUT2D eigenvalue weighted by molar-refractivity contribution is 0.198. The van der Waals surface area contributed by atoms with Crippen molar-refractivity contribution in [2.45, 2.75) is 13.1 Å². The molecule has 0 unspecified atom stereocenters. The fraction of sp³-hybridized carbons (Fsp3) is 0.385. The Morgan fingerprint density at radius 1 is 1.25 bits per heavy atom. The van der Waals surface area contributed by atoms with E-state index in [0.717, 1.165) is 6.07 Å². The second kappa shape index (κ2) is 7.06. The second-order valence-corrected chi connectivity index (χ2v) is 4.28. The van der Waals surface area contributed by atoms with Gasteiger partial charge in [0.1, 0.15) is 23.8 Å². The highest BCUT2D eigenvalue weighted by Gasteiger charge is 2.07. The van der Waals surface area contributed by atoms with Crippen LogP contribution in [0.4, 0.5) is 8.78 Å². The standard InChI is InChI=1S/C13H16F2N4O/c1-20-3-2-16-7-13-17-9-18-19(13)8-10-4-11(14)6-12(15)5-10/h4-6,9,16H,2-3,7-8H2,1H3. The summed E-state index contributed by atoms with van der Waals surface area (Å²) in [5, 5.41) is 7.20. The number of hydrogen-bond donors (Lipinski definition) is 1. The van der Waals surface area contributed by atoms with Crippen LogP contribution in [-0.4, -0.2) is 35.0 Å². The van der Waals surface area contributed by atoms with Crippen molar-refractivity contribution >= 4 is 0 Å². The summed E-state index contributed by atoms with van der Waals surface area (Å²) in [6, 6.07) is 3.41. The molecule has 1 aromatic heterocycles. The van der Waals surface area contributed by atoms with E-state index in [1.165, 1.54) is 18.5 Å². The highest BCUT2D eigenvalue weighted by molar-refractivity contribution is 5.18. The van der Waals surface area contributed by atoms with Crippen LogP contribution in [0, 0.1) is 11.6 Å². The topological polar surface area (TPSA) is 52.0 Å². The maximum atomic E-state index is 13.1. The van der Waals surface area contributed by atoms with Crippen molar-refractivity contribution in [2.75, 3.05) is 20.3 Å². The smallest absolute Gasteiger partial charge is 0.141 e. The summed E-state index contributed by atoms with van der Waals surface area (Å²) in [5.41, 5.74) is 0.506. The molecule has 2 rings (SSSR count). The summed E-state index contributed by atoms with van der Waals surface area (Å²) in [6.07, 6.45) is 1.42. The number of methoxy groups -OCH3 is 1. The first-order valence-corrected chi connectivity index (χ1v) is 6.20. The van der Waals surface area contributed by atoms with Crippen LogP contribution >= 0.6 is 0 Å². The third-order valence-corrected chi connectivity index (χ3v) is 2.72. The zero-order valence-electron chi connectivity index (χ0n) is 11.1. The lowest BCUT2D eigenvalue weighted by Gasteiger charge is -2.07. The van der Waals surface area contributed by atoms with Crippen molar-refractivity contribution < 1.29 is 13.5 Å². The molecule has 0 bridgehead atoms. The molecule has 0 aliphatic heterocycles. The summed E-state index contributed by atoms with van der Waals surface area (Å²) in [7, 11) is 1.63. The number of nitrogens with one attached hydrogen (secondary N) is 1. The van der Waals surface area contributed by atoms with Crippen molar-refractivity contribution in [1.82, 2.24) is 20.1 Å². The van der Waals surface area contributed by atoms with E-state index in [-0.39, 0.29) is 6.54 Å². The Balaban J connectivity index is 2.00. The molecule has 0 atom stereocenters. The number of benzene rings is 1. The zero-order valence-corrected chi connectivity index (χ0v) is 11.1. The van der Waals surface area contributed by atoms with Gasteiger partial charge in [-0.25, -0.2) is 18.4 Å². The van der Waals surface area contributed by atoms with Gasteiger partial charge in [0.25, 0.3) is 0 Å². The normalized spacial score (nSPS) is 10.9. The van der Waals surface area contributed by atoms with E-state index in [1.807, 2.05) is 0 Å². The third-order valence-electron chi connectivity index (χ3n) is 2.72. The first kappa shape index (κ1) is 14.5. The Labute approximate surface area is 115 Å². The number of rotatable bonds is 7. The molecule has 108 valence electrons. The molecule has 1 heterocycles. The van der Waals surface area contributed by atoms with Crippen LogP contribution in [0.2, 0.25) is 0 Å². The highest BCUT2D eigenvalue weighted by Crippen LogP contribution is 2.10. The van der Waals surface area contributed by atoms with Crippen molar-refractivity contribution in [3.8, 4) is 0 Å². The molecular weight excluding hydrogens is 266 g/mol. The molecule has 0 spiro atoms. The predicted molar refractivity (Wildman–Crippen MR) is 69.1 cm³/mol. The van der Waals surface area contributed by atoms with Crippen molar-refractivity contribution in [3.63, 3.8) is 0 Å². The minimum Gasteiger partial charge on any atom is -0.383 e. The van der Waals surface area contributed by atoms with Gasteiger partial charge in [-0.3, -0.25) is 0 Å². The second-order valence-electron chi connectivity index (χ2n) is 4.28. The number of ether oxygens (including phenoxy) is 1.